The van der Waals surface area contributed by atoms with Gasteiger partial charge in [-0.2, -0.15) is 4.98 Å². The van der Waals surface area contributed by atoms with Gasteiger partial charge in [-0.05, 0) is 60.7 Å². The van der Waals surface area contributed by atoms with E-state index in [1.54, 1.807) is 0 Å². The van der Waals surface area contributed by atoms with Gasteiger partial charge >= 0.3 is 0 Å². The first-order chi connectivity index (χ1) is 12.1. The van der Waals surface area contributed by atoms with Crippen molar-refractivity contribution in [1.82, 2.24) is 14.9 Å². The van der Waals surface area contributed by atoms with Gasteiger partial charge < -0.3 is 15.1 Å². The number of carbonyl (C=O) groups is 1. The standard InChI is InChI=1S/C18H22IN5O/c1-3-20-18-21-13(2)12-16(22-18)23-8-10-24(11-9-23)17(25)14-4-6-15(19)7-5-14/h4-7,12H,3,8-11H2,1-2H3,(H,20,21,22). The maximum Gasteiger partial charge on any atom is 0.253 e. The number of hydrogen-bond acceptors (Lipinski definition) is 5. The van der Waals surface area contributed by atoms with Gasteiger partial charge in [0.15, 0.2) is 0 Å². The molecule has 2 heterocycles. The highest BCUT2D eigenvalue weighted by Gasteiger charge is 2.23. The van der Waals surface area contributed by atoms with Crippen molar-refractivity contribution in [2.45, 2.75) is 13.8 Å². The van der Waals surface area contributed by atoms with E-state index in [4.69, 9.17) is 0 Å². The topological polar surface area (TPSA) is 61.4 Å². The monoisotopic (exact) mass is 451 g/mol. The van der Waals surface area contributed by atoms with Gasteiger partial charge in [-0.25, -0.2) is 4.98 Å². The lowest BCUT2D eigenvalue weighted by atomic mass is 10.2. The molecule has 132 valence electrons. The van der Waals surface area contributed by atoms with Crippen LogP contribution in [0.1, 0.15) is 23.0 Å². The molecule has 1 aliphatic heterocycles. The minimum atomic E-state index is 0.100. The van der Waals surface area contributed by atoms with E-state index in [2.05, 4.69) is 42.8 Å². The zero-order valence-corrected chi connectivity index (χ0v) is 16.7. The van der Waals surface area contributed by atoms with E-state index in [1.807, 2.05) is 49.1 Å². The largest absolute Gasteiger partial charge is 0.354 e. The Labute approximate surface area is 161 Å². The zero-order valence-electron chi connectivity index (χ0n) is 14.5. The van der Waals surface area contributed by atoms with Gasteiger partial charge in [-0.15, -0.1) is 0 Å². The first-order valence-corrected chi connectivity index (χ1v) is 9.54. The van der Waals surface area contributed by atoms with E-state index in [1.165, 1.54) is 0 Å². The van der Waals surface area contributed by atoms with Gasteiger partial charge in [0.25, 0.3) is 5.91 Å². The van der Waals surface area contributed by atoms with E-state index in [-0.39, 0.29) is 5.91 Å². The molecule has 25 heavy (non-hydrogen) atoms. The Morgan fingerprint density at radius 3 is 2.48 bits per heavy atom. The van der Waals surface area contributed by atoms with E-state index in [9.17, 15) is 4.79 Å². The van der Waals surface area contributed by atoms with E-state index < -0.39 is 0 Å². The molecule has 2 aromatic rings. The average Bonchev–Trinajstić information content (AvgIpc) is 2.62. The molecule has 0 aliphatic carbocycles. The number of aromatic nitrogens is 2. The van der Waals surface area contributed by atoms with Crippen LogP contribution in [-0.4, -0.2) is 53.5 Å². The summed E-state index contributed by atoms with van der Waals surface area (Å²) < 4.78 is 1.13. The molecule has 1 aromatic carbocycles. The molecule has 0 saturated carbocycles. The van der Waals surface area contributed by atoms with Gasteiger partial charge in [0.2, 0.25) is 5.95 Å². The highest BCUT2D eigenvalue weighted by molar-refractivity contribution is 14.1. The zero-order chi connectivity index (χ0) is 17.8. The summed E-state index contributed by atoms with van der Waals surface area (Å²) in [4.78, 5) is 25.7. The second-order valence-electron chi connectivity index (χ2n) is 6.01. The predicted molar refractivity (Wildman–Crippen MR) is 108 cm³/mol. The average molecular weight is 451 g/mol. The second-order valence-corrected chi connectivity index (χ2v) is 7.25. The molecule has 1 amide bonds. The maximum absolute atomic E-state index is 12.6. The molecule has 1 fully saturated rings. The lowest BCUT2D eigenvalue weighted by Gasteiger charge is -2.35. The fourth-order valence-corrected chi connectivity index (χ4v) is 3.22. The highest BCUT2D eigenvalue weighted by atomic mass is 127. The minimum absolute atomic E-state index is 0.100. The van der Waals surface area contributed by atoms with Crippen molar-refractivity contribution in [3.63, 3.8) is 0 Å². The maximum atomic E-state index is 12.6. The number of amides is 1. The molecule has 1 aromatic heterocycles. The van der Waals surface area contributed by atoms with Crippen molar-refractivity contribution >= 4 is 40.3 Å². The Kier molecular flexibility index (Phi) is 5.72. The van der Waals surface area contributed by atoms with Crippen molar-refractivity contribution in [2.75, 3.05) is 42.9 Å². The summed E-state index contributed by atoms with van der Waals surface area (Å²) in [5, 5.41) is 3.17. The van der Waals surface area contributed by atoms with Crippen LogP contribution in [0.15, 0.2) is 30.3 Å². The van der Waals surface area contributed by atoms with Gasteiger partial charge in [-0.1, -0.05) is 0 Å². The van der Waals surface area contributed by atoms with E-state index in [0.29, 0.717) is 19.0 Å². The summed E-state index contributed by atoms with van der Waals surface area (Å²) in [6, 6.07) is 9.73. The molecule has 1 N–H and O–H groups in total. The Hall–Kier alpha value is -1.90. The molecule has 0 radical (unpaired) electrons. The molecule has 0 unspecified atom stereocenters. The molecule has 0 spiro atoms. The van der Waals surface area contributed by atoms with Crippen LogP contribution in [0.3, 0.4) is 0 Å². The Morgan fingerprint density at radius 2 is 1.84 bits per heavy atom. The normalized spacial score (nSPS) is 14.5. The van der Waals surface area contributed by atoms with Gasteiger partial charge in [0, 0.05) is 53.6 Å². The SMILES string of the molecule is CCNc1nc(C)cc(N2CCN(C(=O)c3ccc(I)cc3)CC2)n1. The number of nitrogens with zero attached hydrogens (tertiary/aromatic N) is 4. The number of hydrogen-bond donors (Lipinski definition) is 1. The van der Waals surface area contributed by atoms with Crippen molar-refractivity contribution in [3.05, 3.63) is 45.2 Å². The fraction of sp³-hybridized carbons (Fsp3) is 0.389. The highest BCUT2D eigenvalue weighted by Crippen LogP contribution is 2.18. The van der Waals surface area contributed by atoms with Crippen molar-refractivity contribution < 1.29 is 4.79 Å². The number of carbonyl (C=O) groups excluding carboxylic acids is 1. The minimum Gasteiger partial charge on any atom is -0.354 e. The summed E-state index contributed by atoms with van der Waals surface area (Å²) >= 11 is 2.25. The third kappa shape index (κ3) is 4.39. The first kappa shape index (κ1) is 17.9. The summed E-state index contributed by atoms with van der Waals surface area (Å²) in [5.41, 5.74) is 1.69. The van der Waals surface area contributed by atoms with Gasteiger partial charge in [-0.3, -0.25) is 4.79 Å². The third-order valence-corrected chi connectivity index (χ3v) is 4.88. The summed E-state index contributed by atoms with van der Waals surface area (Å²) in [6.07, 6.45) is 0. The number of nitrogens with one attached hydrogen (secondary N) is 1. The molecular weight excluding hydrogens is 429 g/mol. The molecule has 0 atom stereocenters. The summed E-state index contributed by atoms with van der Waals surface area (Å²) in [6.45, 7) is 7.75. The fourth-order valence-electron chi connectivity index (χ4n) is 2.86. The Balaban J connectivity index is 1.65. The quantitative estimate of drug-likeness (QED) is 0.725. The summed E-state index contributed by atoms with van der Waals surface area (Å²) in [5.74, 6) is 1.68. The van der Waals surface area contributed by atoms with Crippen molar-refractivity contribution in [3.8, 4) is 0 Å². The predicted octanol–water partition coefficient (Wildman–Crippen LogP) is 2.78. The lowest BCUT2D eigenvalue weighted by molar-refractivity contribution is 0.0746. The number of halogens is 1. The first-order valence-electron chi connectivity index (χ1n) is 8.46. The van der Waals surface area contributed by atoms with E-state index in [0.717, 1.165) is 40.3 Å². The van der Waals surface area contributed by atoms with Gasteiger partial charge in [0.05, 0.1) is 0 Å². The van der Waals surface area contributed by atoms with Crippen LogP contribution in [0.25, 0.3) is 0 Å². The van der Waals surface area contributed by atoms with Crippen LogP contribution in [0.2, 0.25) is 0 Å². The number of anilines is 2. The Morgan fingerprint density at radius 1 is 1.16 bits per heavy atom. The number of benzene rings is 1. The molecule has 1 aliphatic rings. The summed E-state index contributed by atoms with van der Waals surface area (Å²) in [7, 11) is 0. The Bertz CT molecular complexity index is 742. The van der Waals surface area contributed by atoms with Crippen LogP contribution in [0.4, 0.5) is 11.8 Å². The van der Waals surface area contributed by atoms with Crippen molar-refractivity contribution in [1.29, 1.82) is 0 Å². The molecular formula is C18H22IN5O. The third-order valence-electron chi connectivity index (χ3n) is 4.16. The lowest BCUT2D eigenvalue weighted by Crippen LogP contribution is -2.49. The van der Waals surface area contributed by atoms with Crippen LogP contribution in [0.5, 0.6) is 0 Å². The number of rotatable bonds is 4. The van der Waals surface area contributed by atoms with Crippen molar-refractivity contribution in [2.24, 2.45) is 0 Å². The smallest absolute Gasteiger partial charge is 0.253 e. The molecule has 1 saturated heterocycles. The molecule has 0 bridgehead atoms. The second kappa shape index (κ2) is 7.99. The van der Waals surface area contributed by atoms with Crippen LogP contribution >= 0.6 is 22.6 Å². The van der Waals surface area contributed by atoms with E-state index >= 15 is 0 Å². The molecule has 3 rings (SSSR count). The molecule has 7 heteroatoms. The van der Waals surface area contributed by atoms with Gasteiger partial charge in [0.1, 0.15) is 5.82 Å². The molecule has 6 nitrogen and oxygen atoms in total. The van der Waals surface area contributed by atoms with Crippen LogP contribution < -0.4 is 10.2 Å². The number of aryl methyl sites for hydroxylation is 1. The number of piperazine rings is 1. The van der Waals surface area contributed by atoms with Crippen LogP contribution in [-0.2, 0) is 0 Å². The van der Waals surface area contributed by atoms with Crippen LogP contribution in [0, 0.1) is 10.5 Å².